The number of hydrogen-bond donors (Lipinski definition) is 0. The van der Waals surface area contributed by atoms with Crippen LogP contribution in [-0.2, 0) is 25.3 Å². The predicted octanol–water partition coefficient (Wildman–Crippen LogP) is 5.59. The van der Waals surface area contributed by atoms with Crippen molar-refractivity contribution in [3.63, 3.8) is 0 Å². The lowest BCUT2D eigenvalue weighted by Gasteiger charge is -2.37. The number of amides is 1. The molecular weight excluding hydrogens is 578 g/mol. The summed E-state index contributed by atoms with van der Waals surface area (Å²) in [5.41, 5.74) is 6.16. The summed E-state index contributed by atoms with van der Waals surface area (Å²) >= 11 is 7.67. The molecule has 5 aromatic rings. The van der Waals surface area contributed by atoms with Crippen LogP contribution < -0.4 is 4.90 Å². The molecule has 8 nitrogen and oxygen atoms in total. The number of imidazole rings is 1. The first kappa shape index (κ1) is 27.9. The van der Waals surface area contributed by atoms with Gasteiger partial charge in [-0.25, -0.2) is 15.0 Å². The monoisotopic (exact) mass is 609 g/mol. The molecule has 0 atom stereocenters. The summed E-state index contributed by atoms with van der Waals surface area (Å²) in [5.74, 6) is 1.72. The lowest BCUT2D eigenvalue weighted by molar-refractivity contribution is 0.0742. The minimum absolute atomic E-state index is 0.0274. The minimum Gasteiger partial charge on any atom is -0.353 e. The van der Waals surface area contributed by atoms with Gasteiger partial charge in [-0.1, -0.05) is 71.9 Å². The molecule has 43 heavy (non-hydrogen) atoms. The summed E-state index contributed by atoms with van der Waals surface area (Å²) in [6.07, 6.45) is 4.58. The van der Waals surface area contributed by atoms with Crippen molar-refractivity contribution in [1.82, 2.24) is 29.2 Å². The molecule has 1 amide bonds. The summed E-state index contributed by atoms with van der Waals surface area (Å²) in [6, 6.07) is 24.3. The van der Waals surface area contributed by atoms with Gasteiger partial charge in [0.05, 0.1) is 11.2 Å². The van der Waals surface area contributed by atoms with Crippen LogP contribution in [0, 0.1) is 0 Å². The molecule has 7 rings (SSSR count). The lowest BCUT2D eigenvalue weighted by Crippen LogP contribution is -2.49. The van der Waals surface area contributed by atoms with Crippen LogP contribution in [0.3, 0.4) is 0 Å². The van der Waals surface area contributed by atoms with Gasteiger partial charge in [0.1, 0.15) is 12.1 Å². The van der Waals surface area contributed by atoms with E-state index < -0.39 is 0 Å². The first-order valence-corrected chi connectivity index (χ1v) is 16.0. The van der Waals surface area contributed by atoms with Crippen LogP contribution in [0.2, 0.25) is 5.02 Å². The van der Waals surface area contributed by atoms with Gasteiger partial charge in [-0.2, -0.15) is 0 Å². The number of pyridine rings is 1. The second kappa shape index (κ2) is 12.4. The van der Waals surface area contributed by atoms with E-state index in [9.17, 15) is 4.79 Å². The molecule has 0 radical (unpaired) electrons. The highest BCUT2D eigenvalue weighted by molar-refractivity contribution is 7.98. The highest BCUT2D eigenvalue weighted by atomic mass is 35.5. The molecule has 1 saturated heterocycles. The van der Waals surface area contributed by atoms with E-state index in [1.165, 1.54) is 11.1 Å². The van der Waals surface area contributed by atoms with Crippen LogP contribution >= 0.6 is 23.4 Å². The molecule has 3 aromatic heterocycles. The fourth-order valence-electron chi connectivity index (χ4n) is 5.90. The summed E-state index contributed by atoms with van der Waals surface area (Å²) in [6.45, 7) is 5.40. The highest BCUT2D eigenvalue weighted by Gasteiger charge is 2.29. The van der Waals surface area contributed by atoms with E-state index in [1.807, 2.05) is 58.0 Å². The van der Waals surface area contributed by atoms with E-state index >= 15 is 0 Å². The average Bonchev–Trinajstić information content (AvgIpc) is 3.43. The smallest absolute Gasteiger partial charge is 0.274 e. The molecule has 0 N–H and O–H groups in total. The van der Waals surface area contributed by atoms with Crippen molar-refractivity contribution in [1.29, 1.82) is 0 Å². The minimum atomic E-state index is -0.0274. The number of carbonyl (C=O) groups excluding carboxylic acids is 1. The number of aromatic nitrogens is 4. The van der Waals surface area contributed by atoms with Gasteiger partial charge in [-0.15, -0.1) is 0 Å². The predicted molar refractivity (Wildman–Crippen MR) is 171 cm³/mol. The molecule has 218 valence electrons. The van der Waals surface area contributed by atoms with Crippen molar-refractivity contribution in [3.05, 3.63) is 118 Å². The van der Waals surface area contributed by atoms with Gasteiger partial charge < -0.3 is 9.80 Å². The Morgan fingerprint density at radius 1 is 0.860 bits per heavy atom. The molecule has 0 saturated carbocycles. The number of rotatable bonds is 7. The molecule has 2 aliphatic heterocycles. The van der Waals surface area contributed by atoms with Crippen LogP contribution in [0.15, 0.2) is 90.5 Å². The molecular formula is C33H32ClN7OS. The van der Waals surface area contributed by atoms with Crippen molar-refractivity contribution in [2.75, 3.05) is 37.6 Å². The van der Waals surface area contributed by atoms with Gasteiger partial charge >= 0.3 is 0 Å². The second-order valence-electron chi connectivity index (χ2n) is 11.0. The van der Waals surface area contributed by atoms with Crippen molar-refractivity contribution in [3.8, 4) is 0 Å². The third-order valence-corrected chi connectivity index (χ3v) is 9.45. The molecule has 0 spiro atoms. The fourth-order valence-corrected chi connectivity index (χ4v) is 6.97. The van der Waals surface area contributed by atoms with Crippen molar-refractivity contribution in [2.24, 2.45) is 0 Å². The number of hydrogen-bond acceptors (Lipinski definition) is 7. The Hall–Kier alpha value is -3.92. The van der Waals surface area contributed by atoms with E-state index in [1.54, 1.807) is 18.1 Å². The molecule has 2 aliphatic rings. The topological polar surface area (TPSA) is 69.9 Å². The van der Waals surface area contributed by atoms with E-state index in [-0.39, 0.29) is 5.91 Å². The number of fused-ring (bicyclic) bond motifs is 2. The Bertz CT molecular complexity index is 1740. The van der Waals surface area contributed by atoms with Gasteiger partial charge in [0.15, 0.2) is 10.9 Å². The van der Waals surface area contributed by atoms with Crippen molar-refractivity contribution < 1.29 is 4.79 Å². The quantitative estimate of drug-likeness (QED) is 0.223. The number of benzene rings is 2. The van der Waals surface area contributed by atoms with Crippen LogP contribution in [0.1, 0.15) is 32.9 Å². The zero-order valence-electron chi connectivity index (χ0n) is 23.8. The molecule has 0 bridgehead atoms. The van der Waals surface area contributed by atoms with Crippen molar-refractivity contribution >= 4 is 40.6 Å². The maximum atomic E-state index is 13.8. The maximum absolute atomic E-state index is 13.8. The third kappa shape index (κ3) is 5.98. The van der Waals surface area contributed by atoms with E-state index in [0.29, 0.717) is 18.8 Å². The number of thioether (sulfide) groups is 1. The van der Waals surface area contributed by atoms with E-state index in [0.717, 1.165) is 77.7 Å². The summed E-state index contributed by atoms with van der Waals surface area (Å²) in [4.78, 5) is 34.7. The normalized spacial score (nSPS) is 15.6. The first-order valence-electron chi connectivity index (χ1n) is 14.6. The van der Waals surface area contributed by atoms with Crippen molar-refractivity contribution in [2.45, 2.75) is 30.4 Å². The number of anilines is 1. The summed E-state index contributed by atoms with van der Waals surface area (Å²) in [5, 5.41) is 1.53. The second-order valence-corrected chi connectivity index (χ2v) is 12.3. The Morgan fingerprint density at radius 3 is 2.47 bits per heavy atom. The lowest BCUT2D eigenvalue weighted by atomic mass is 10.0. The van der Waals surface area contributed by atoms with Crippen LogP contribution in [0.25, 0.3) is 5.52 Å². The van der Waals surface area contributed by atoms with Crippen LogP contribution in [0.5, 0.6) is 0 Å². The molecule has 2 aromatic carbocycles. The largest absolute Gasteiger partial charge is 0.353 e. The van der Waals surface area contributed by atoms with Gasteiger partial charge in [0, 0.05) is 74.8 Å². The standard InChI is InChI=1S/C33H32ClN7OS/c34-26-11-9-25(10-12-26)22-43-33-37-30(29-8-4-5-14-41(29)33)32(42)40-18-16-39(17-19-40)31-27-21-38(15-13-28(27)35-23-36-31)20-24-6-2-1-3-7-24/h1-12,14,23H,13,15-22H2. The highest BCUT2D eigenvalue weighted by Crippen LogP contribution is 2.29. The number of piperazine rings is 1. The molecule has 10 heteroatoms. The molecule has 0 aliphatic carbocycles. The molecule has 0 unspecified atom stereocenters. The zero-order valence-corrected chi connectivity index (χ0v) is 25.3. The Labute approximate surface area is 260 Å². The van der Waals surface area contributed by atoms with Crippen LogP contribution in [-0.4, -0.2) is 67.8 Å². The Kier molecular flexibility index (Phi) is 8.02. The van der Waals surface area contributed by atoms with Crippen LogP contribution in [0.4, 0.5) is 5.82 Å². The number of nitrogens with zero attached hydrogens (tertiary/aromatic N) is 7. The number of carbonyl (C=O) groups is 1. The Morgan fingerprint density at radius 2 is 1.65 bits per heavy atom. The van der Waals surface area contributed by atoms with Gasteiger partial charge in [0.25, 0.3) is 5.91 Å². The van der Waals surface area contributed by atoms with Gasteiger partial charge in [-0.3, -0.25) is 14.1 Å². The maximum Gasteiger partial charge on any atom is 0.274 e. The van der Waals surface area contributed by atoms with Gasteiger partial charge in [0.2, 0.25) is 0 Å². The molecule has 5 heterocycles. The van der Waals surface area contributed by atoms with Gasteiger partial charge in [-0.05, 0) is 35.4 Å². The fraction of sp³-hybridized carbons (Fsp3) is 0.273. The van der Waals surface area contributed by atoms with E-state index in [4.69, 9.17) is 21.6 Å². The summed E-state index contributed by atoms with van der Waals surface area (Å²) < 4.78 is 2.01. The summed E-state index contributed by atoms with van der Waals surface area (Å²) in [7, 11) is 0. The number of halogens is 1. The Balaban J connectivity index is 1.04. The SMILES string of the molecule is O=C(c1nc(SCc2ccc(Cl)cc2)n2ccccc12)N1CCN(c2ncnc3c2CN(Cc2ccccc2)CC3)CC1. The average molecular weight is 610 g/mol. The zero-order chi connectivity index (χ0) is 29.2. The third-order valence-electron chi connectivity index (χ3n) is 8.17. The molecule has 1 fully saturated rings. The first-order chi connectivity index (χ1) is 21.1. The van der Waals surface area contributed by atoms with E-state index in [2.05, 4.69) is 45.1 Å².